The highest BCUT2D eigenvalue weighted by Crippen LogP contribution is 2.56. The lowest BCUT2D eigenvalue weighted by Gasteiger charge is -2.27. The molecule has 21 heavy (non-hydrogen) atoms. The second-order valence-corrected chi connectivity index (χ2v) is 6.70. The van der Waals surface area contributed by atoms with E-state index in [9.17, 15) is 4.79 Å². The van der Waals surface area contributed by atoms with Crippen molar-refractivity contribution in [2.24, 2.45) is 11.8 Å². The smallest absolute Gasteiger partial charge is 0.223 e. The van der Waals surface area contributed by atoms with E-state index in [0.29, 0.717) is 23.9 Å². The predicted molar refractivity (Wildman–Crippen MR) is 85.7 cm³/mol. The van der Waals surface area contributed by atoms with Crippen LogP contribution in [0.3, 0.4) is 0 Å². The molecule has 0 bridgehead atoms. The molecule has 3 unspecified atom stereocenters. The summed E-state index contributed by atoms with van der Waals surface area (Å²) in [5, 5.41) is 6.73. The molecule has 5 atom stereocenters. The van der Waals surface area contributed by atoms with Crippen molar-refractivity contribution in [1.29, 1.82) is 0 Å². The molecule has 3 aliphatic rings. The number of rotatable bonds is 2. The Morgan fingerprint density at radius 1 is 1.33 bits per heavy atom. The summed E-state index contributed by atoms with van der Waals surface area (Å²) in [6.45, 7) is 3.14. The van der Waals surface area contributed by atoms with Crippen molar-refractivity contribution in [2.75, 3.05) is 6.54 Å². The number of hydrogen-bond acceptors (Lipinski definition) is 2. The molecule has 3 nitrogen and oxygen atoms in total. The van der Waals surface area contributed by atoms with Crippen LogP contribution in [0.4, 0.5) is 0 Å². The van der Waals surface area contributed by atoms with Gasteiger partial charge in [-0.2, -0.15) is 0 Å². The highest BCUT2D eigenvalue weighted by molar-refractivity contribution is 5.85. The van der Waals surface area contributed by atoms with E-state index in [1.54, 1.807) is 0 Å². The number of hydrogen-bond donors (Lipinski definition) is 2. The highest BCUT2D eigenvalue weighted by Gasteiger charge is 2.56. The second-order valence-electron chi connectivity index (χ2n) is 6.70. The molecule has 1 aromatic carbocycles. The topological polar surface area (TPSA) is 41.1 Å². The van der Waals surface area contributed by atoms with Crippen LogP contribution >= 0.6 is 12.4 Å². The van der Waals surface area contributed by atoms with Crippen LogP contribution in [0, 0.1) is 11.8 Å². The van der Waals surface area contributed by atoms with Crippen LogP contribution < -0.4 is 10.6 Å². The molecule has 0 aromatic heterocycles. The zero-order valence-corrected chi connectivity index (χ0v) is 13.2. The third-order valence-electron chi connectivity index (χ3n) is 5.34. The van der Waals surface area contributed by atoms with Crippen LogP contribution in [-0.4, -0.2) is 24.5 Å². The van der Waals surface area contributed by atoms with Gasteiger partial charge >= 0.3 is 0 Å². The first kappa shape index (κ1) is 14.9. The summed E-state index contributed by atoms with van der Waals surface area (Å²) in [7, 11) is 0. The maximum atomic E-state index is 12.4. The number of fused-ring (bicyclic) bond motifs is 3. The molecule has 1 heterocycles. The molecule has 1 aromatic rings. The number of halogens is 1. The summed E-state index contributed by atoms with van der Waals surface area (Å²) in [6, 6.07) is 9.58. The van der Waals surface area contributed by atoms with Crippen molar-refractivity contribution in [3.05, 3.63) is 35.4 Å². The summed E-state index contributed by atoms with van der Waals surface area (Å²) in [5.41, 5.74) is 2.96. The third kappa shape index (κ3) is 2.58. The van der Waals surface area contributed by atoms with Crippen molar-refractivity contribution in [3.63, 3.8) is 0 Å². The van der Waals surface area contributed by atoms with Gasteiger partial charge < -0.3 is 10.6 Å². The van der Waals surface area contributed by atoms with Gasteiger partial charge in [0.25, 0.3) is 0 Å². The summed E-state index contributed by atoms with van der Waals surface area (Å²) < 4.78 is 0. The molecule has 2 N–H and O–H groups in total. The summed E-state index contributed by atoms with van der Waals surface area (Å²) >= 11 is 0. The van der Waals surface area contributed by atoms with E-state index in [1.165, 1.54) is 11.1 Å². The molecule has 1 amide bonds. The van der Waals surface area contributed by atoms with Crippen LogP contribution in [0.15, 0.2) is 24.3 Å². The molecular formula is C17H23ClN2O. The number of amides is 1. The standard InChI is InChI=1S/C17H22N2O.ClH/c1-10-8-12(6-7-18-10)17(20)19-16-14-9-11-4-2-3-5-13(11)15(14)16;/h2-5,10,12,14-16,18H,6-9H2,1H3,(H,19,20);1H/t10-,12-,14?,15?,16?;/m0./s1. The molecule has 1 saturated heterocycles. The monoisotopic (exact) mass is 306 g/mol. The molecule has 0 radical (unpaired) electrons. The normalized spacial score (nSPS) is 36.1. The van der Waals surface area contributed by atoms with E-state index < -0.39 is 0 Å². The zero-order valence-electron chi connectivity index (χ0n) is 12.3. The number of carbonyl (C=O) groups excluding carboxylic acids is 1. The van der Waals surface area contributed by atoms with Gasteiger partial charge in [0.15, 0.2) is 0 Å². The lowest BCUT2D eigenvalue weighted by atomic mass is 9.92. The molecule has 2 aliphatic carbocycles. The van der Waals surface area contributed by atoms with Crippen molar-refractivity contribution >= 4 is 18.3 Å². The Balaban J connectivity index is 0.00000132. The molecule has 4 heteroatoms. The lowest BCUT2D eigenvalue weighted by Crippen LogP contribution is -2.43. The largest absolute Gasteiger partial charge is 0.352 e. The van der Waals surface area contributed by atoms with Crippen LogP contribution in [0.1, 0.15) is 36.8 Å². The second kappa shape index (κ2) is 5.62. The summed E-state index contributed by atoms with van der Waals surface area (Å²) in [5.74, 6) is 1.75. The number of piperidine rings is 1. The maximum Gasteiger partial charge on any atom is 0.223 e. The number of benzene rings is 1. The minimum Gasteiger partial charge on any atom is -0.352 e. The van der Waals surface area contributed by atoms with E-state index in [4.69, 9.17) is 0 Å². The molecule has 0 spiro atoms. The van der Waals surface area contributed by atoms with Gasteiger partial charge in [0.1, 0.15) is 0 Å². The fraction of sp³-hybridized carbons (Fsp3) is 0.588. The predicted octanol–water partition coefficient (Wildman–Crippen LogP) is 2.25. The van der Waals surface area contributed by atoms with Gasteiger partial charge in [-0.15, -0.1) is 12.4 Å². The first-order valence-electron chi connectivity index (χ1n) is 7.85. The van der Waals surface area contributed by atoms with Crippen LogP contribution in [0.5, 0.6) is 0 Å². The minimum absolute atomic E-state index is 0. The Morgan fingerprint density at radius 2 is 2.14 bits per heavy atom. The van der Waals surface area contributed by atoms with E-state index >= 15 is 0 Å². The lowest BCUT2D eigenvalue weighted by molar-refractivity contribution is -0.126. The SMILES string of the molecule is C[C@H]1C[C@@H](C(=O)NC2C3Cc4ccccc4C32)CCN1.Cl. The van der Waals surface area contributed by atoms with Crippen molar-refractivity contribution in [2.45, 2.75) is 44.2 Å². The highest BCUT2D eigenvalue weighted by atomic mass is 35.5. The van der Waals surface area contributed by atoms with Gasteiger partial charge in [-0.25, -0.2) is 0 Å². The Bertz CT molecular complexity index is 547. The first-order valence-corrected chi connectivity index (χ1v) is 7.85. The minimum atomic E-state index is 0. The maximum absolute atomic E-state index is 12.4. The van der Waals surface area contributed by atoms with Crippen molar-refractivity contribution in [3.8, 4) is 0 Å². The van der Waals surface area contributed by atoms with Crippen molar-refractivity contribution < 1.29 is 4.79 Å². The van der Waals surface area contributed by atoms with Gasteiger partial charge in [-0.1, -0.05) is 24.3 Å². The van der Waals surface area contributed by atoms with Crippen LogP contribution in [0.2, 0.25) is 0 Å². The van der Waals surface area contributed by atoms with E-state index in [2.05, 4.69) is 41.8 Å². The molecule has 114 valence electrons. The first-order chi connectivity index (χ1) is 9.74. The summed E-state index contributed by atoms with van der Waals surface area (Å²) in [6.07, 6.45) is 3.10. The quantitative estimate of drug-likeness (QED) is 0.880. The van der Waals surface area contributed by atoms with Crippen molar-refractivity contribution in [1.82, 2.24) is 10.6 Å². The molecule has 2 fully saturated rings. The Labute approximate surface area is 132 Å². The van der Waals surface area contributed by atoms with Gasteiger partial charge in [-0.05, 0) is 49.8 Å². The molecule has 4 rings (SSSR count). The van der Waals surface area contributed by atoms with E-state index in [-0.39, 0.29) is 24.2 Å². The zero-order chi connectivity index (χ0) is 13.7. The number of carbonyl (C=O) groups is 1. The van der Waals surface area contributed by atoms with Gasteiger partial charge in [0.05, 0.1) is 0 Å². The Morgan fingerprint density at radius 3 is 2.95 bits per heavy atom. The fourth-order valence-corrected chi connectivity index (χ4v) is 4.20. The number of nitrogens with one attached hydrogen (secondary N) is 2. The fourth-order valence-electron chi connectivity index (χ4n) is 4.20. The Kier molecular flexibility index (Phi) is 3.98. The van der Waals surface area contributed by atoms with Crippen LogP contribution in [-0.2, 0) is 11.2 Å². The van der Waals surface area contributed by atoms with E-state index in [0.717, 1.165) is 25.8 Å². The average molecular weight is 307 g/mol. The van der Waals surface area contributed by atoms with Crippen LogP contribution in [0.25, 0.3) is 0 Å². The van der Waals surface area contributed by atoms with Gasteiger partial charge in [0, 0.05) is 23.9 Å². The molecular weight excluding hydrogens is 284 g/mol. The van der Waals surface area contributed by atoms with E-state index in [1.807, 2.05) is 0 Å². The van der Waals surface area contributed by atoms with Gasteiger partial charge in [0.2, 0.25) is 5.91 Å². The molecule has 1 aliphatic heterocycles. The average Bonchev–Trinajstić information content (AvgIpc) is 2.96. The third-order valence-corrected chi connectivity index (χ3v) is 5.34. The molecule has 1 saturated carbocycles. The summed E-state index contributed by atoms with van der Waals surface area (Å²) in [4.78, 5) is 12.4. The van der Waals surface area contributed by atoms with Gasteiger partial charge in [-0.3, -0.25) is 4.79 Å². The Hall–Kier alpha value is -1.06.